The van der Waals surface area contributed by atoms with Crippen molar-refractivity contribution >= 4 is 49.7 Å². The van der Waals surface area contributed by atoms with Crippen LogP contribution in [-0.4, -0.2) is 18.5 Å². The van der Waals surface area contributed by atoms with Crippen molar-refractivity contribution < 1.29 is 0 Å². The van der Waals surface area contributed by atoms with Crippen LogP contribution in [0.1, 0.15) is 5.56 Å². The number of imidazole rings is 2. The van der Waals surface area contributed by atoms with Gasteiger partial charge in [0, 0.05) is 21.9 Å². The van der Waals surface area contributed by atoms with Gasteiger partial charge in [-0.3, -0.25) is 8.97 Å². The lowest BCUT2D eigenvalue weighted by atomic mass is 9.96. The number of hydrogen-bond donors (Lipinski definition) is 0. The molecule has 0 amide bonds. The molecule has 0 radical (unpaired) electrons. The molecule has 0 aliphatic carbocycles. The van der Waals surface area contributed by atoms with E-state index in [-0.39, 0.29) is 0 Å². The SMILES string of the molecule is N#Cc1cccc(-n2c3ccccc3n3c4ccccc4nc23)c1-c1ccccc1-n1c2ccccc2c2ccccc21. The van der Waals surface area contributed by atoms with Crippen LogP contribution in [0.4, 0.5) is 0 Å². The zero-order chi connectivity index (χ0) is 28.5. The number of nitriles is 1. The Bertz CT molecular complexity index is 2530. The maximum atomic E-state index is 10.5. The molecule has 0 aliphatic heterocycles. The Balaban J connectivity index is 1.42. The van der Waals surface area contributed by atoms with E-state index >= 15 is 0 Å². The third kappa shape index (κ3) is 3.23. The highest BCUT2D eigenvalue weighted by atomic mass is 15.2. The predicted octanol–water partition coefficient (Wildman–Crippen LogP) is 9.07. The normalized spacial score (nSPS) is 11.7. The molecule has 0 N–H and O–H groups in total. The van der Waals surface area contributed by atoms with Crippen LogP contribution in [0.15, 0.2) is 140 Å². The van der Waals surface area contributed by atoms with Crippen LogP contribution in [0.5, 0.6) is 0 Å². The number of rotatable bonds is 3. The number of fused-ring (bicyclic) bond motifs is 8. The van der Waals surface area contributed by atoms with Gasteiger partial charge in [-0.2, -0.15) is 5.26 Å². The minimum atomic E-state index is 0.609. The van der Waals surface area contributed by atoms with E-state index in [9.17, 15) is 5.26 Å². The molecule has 3 aromatic heterocycles. The number of hydrogen-bond acceptors (Lipinski definition) is 2. The van der Waals surface area contributed by atoms with Gasteiger partial charge in [0.15, 0.2) is 0 Å². The lowest BCUT2D eigenvalue weighted by molar-refractivity contribution is 1.11. The first-order valence-corrected chi connectivity index (χ1v) is 14.3. The van der Waals surface area contributed by atoms with Crippen LogP contribution >= 0.6 is 0 Å². The molecule has 5 nitrogen and oxygen atoms in total. The molecule has 3 heterocycles. The van der Waals surface area contributed by atoms with Crippen LogP contribution < -0.4 is 0 Å². The fourth-order valence-electron chi connectivity index (χ4n) is 6.75. The molecule has 6 aromatic carbocycles. The third-order valence-corrected chi connectivity index (χ3v) is 8.50. The second-order valence-electron chi connectivity index (χ2n) is 10.8. The Morgan fingerprint density at radius 3 is 1.81 bits per heavy atom. The predicted molar refractivity (Wildman–Crippen MR) is 174 cm³/mol. The smallest absolute Gasteiger partial charge is 0.220 e. The second kappa shape index (κ2) is 8.94. The lowest BCUT2D eigenvalue weighted by Gasteiger charge is -2.18. The molecule has 0 atom stereocenters. The summed E-state index contributed by atoms with van der Waals surface area (Å²) in [6.45, 7) is 0. The second-order valence-corrected chi connectivity index (χ2v) is 10.8. The standard InChI is InChI=1S/C38H23N5/c39-24-25-12-11-23-36(43-35-22-10-9-21-34(35)42-33-20-8-4-16-29(33)40-38(42)43)37(25)28-15-3-7-19-32(28)41-30-17-5-1-13-26(30)27-14-2-6-18-31(27)41/h1-23H. The highest BCUT2D eigenvalue weighted by molar-refractivity contribution is 6.10. The van der Waals surface area contributed by atoms with E-state index in [1.165, 1.54) is 10.8 Å². The monoisotopic (exact) mass is 549 g/mol. The maximum Gasteiger partial charge on any atom is 0.220 e. The molecule has 5 heteroatoms. The molecule has 0 fully saturated rings. The average molecular weight is 550 g/mol. The topological polar surface area (TPSA) is 50.9 Å². The third-order valence-electron chi connectivity index (χ3n) is 8.50. The van der Waals surface area contributed by atoms with Crippen molar-refractivity contribution in [3.63, 3.8) is 0 Å². The van der Waals surface area contributed by atoms with Crippen molar-refractivity contribution in [1.82, 2.24) is 18.5 Å². The van der Waals surface area contributed by atoms with Crippen LogP contribution in [-0.2, 0) is 0 Å². The summed E-state index contributed by atoms with van der Waals surface area (Å²) in [5, 5.41) is 12.9. The molecule has 0 aliphatic rings. The largest absolute Gasteiger partial charge is 0.309 e. The van der Waals surface area contributed by atoms with Crippen LogP contribution in [0.2, 0.25) is 0 Å². The average Bonchev–Trinajstić information content (AvgIpc) is 3.71. The zero-order valence-corrected chi connectivity index (χ0v) is 23.0. The fraction of sp³-hybridized carbons (Fsp3) is 0. The van der Waals surface area contributed by atoms with E-state index in [2.05, 4.69) is 129 Å². The summed E-state index contributed by atoms with van der Waals surface area (Å²) in [5.41, 5.74) is 10.7. The zero-order valence-electron chi connectivity index (χ0n) is 23.0. The molecule has 0 bridgehead atoms. The quantitative estimate of drug-likeness (QED) is 0.221. The van der Waals surface area contributed by atoms with Crippen molar-refractivity contribution in [2.45, 2.75) is 0 Å². The van der Waals surface area contributed by atoms with Gasteiger partial charge in [-0.05, 0) is 54.6 Å². The summed E-state index contributed by atoms with van der Waals surface area (Å²) >= 11 is 0. The van der Waals surface area contributed by atoms with Crippen molar-refractivity contribution in [3.05, 3.63) is 145 Å². The van der Waals surface area contributed by atoms with Gasteiger partial charge in [0.1, 0.15) is 0 Å². The van der Waals surface area contributed by atoms with Crippen molar-refractivity contribution in [2.75, 3.05) is 0 Å². The van der Waals surface area contributed by atoms with Gasteiger partial charge >= 0.3 is 0 Å². The van der Waals surface area contributed by atoms with Crippen LogP contribution in [0.25, 0.3) is 72.2 Å². The van der Waals surface area contributed by atoms with Gasteiger partial charge in [0.05, 0.1) is 56.1 Å². The first-order chi connectivity index (χ1) is 21.3. The molecule has 0 unspecified atom stereocenters. The molecular formula is C38H23N5. The summed E-state index contributed by atoms with van der Waals surface area (Å²) in [6, 6.07) is 50.5. The van der Waals surface area contributed by atoms with E-state index in [1.807, 2.05) is 30.3 Å². The first kappa shape index (κ1) is 23.6. The van der Waals surface area contributed by atoms with E-state index in [4.69, 9.17) is 4.98 Å². The van der Waals surface area contributed by atoms with Crippen molar-refractivity contribution in [3.8, 4) is 28.6 Å². The minimum Gasteiger partial charge on any atom is -0.309 e. The Labute approximate surface area is 246 Å². The van der Waals surface area contributed by atoms with Gasteiger partial charge in [-0.25, -0.2) is 4.98 Å². The molecular weight excluding hydrogens is 526 g/mol. The summed E-state index contributed by atoms with van der Waals surface area (Å²) < 4.78 is 6.74. The van der Waals surface area contributed by atoms with E-state index < -0.39 is 0 Å². The molecule has 0 spiro atoms. The van der Waals surface area contributed by atoms with Crippen LogP contribution in [0.3, 0.4) is 0 Å². The van der Waals surface area contributed by atoms with Crippen molar-refractivity contribution in [2.24, 2.45) is 0 Å². The Morgan fingerprint density at radius 1 is 0.488 bits per heavy atom. The van der Waals surface area contributed by atoms with Gasteiger partial charge in [0.25, 0.3) is 0 Å². The molecule has 0 saturated carbocycles. The van der Waals surface area contributed by atoms with Crippen molar-refractivity contribution in [1.29, 1.82) is 5.26 Å². The summed E-state index contributed by atoms with van der Waals surface area (Å²) in [7, 11) is 0. The minimum absolute atomic E-state index is 0.609. The fourth-order valence-corrected chi connectivity index (χ4v) is 6.75. The van der Waals surface area contributed by atoms with Crippen LogP contribution in [0, 0.1) is 11.3 Å². The maximum absolute atomic E-state index is 10.5. The van der Waals surface area contributed by atoms with E-state index in [0.29, 0.717) is 5.56 Å². The molecule has 200 valence electrons. The van der Waals surface area contributed by atoms with Gasteiger partial charge in [-0.15, -0.1) is 0 Å². The number of benzene rings is 6. The Kier molecular flexibility index (Phi) is 4.90. The van der Waals surface area contributed by atoms with Gasteiger partial charge in [-0.1, -0.05) is 84.9 Å². The Hall–Kier alpha value is -6.12. The first-order valence-electron chi connectivity index (χ1n) is 14.3. The molecule has 0 saturated heterocycles. The van der Waals surface area contributed by atoms with E-state index in [0.717, 1.165) is 61.4 Å². The van der Waals surface area contributed by atoms with Gasteiger partial charge in [0.2, 0.25) is 5.78 Å². The highest BCUT2D eigenvalue weighted by Gasteiger charge is 2.23. The Morgan fingerprint density at radius 2 is 1.07 bits per heavy atom. The number of nitrogens with zero attached hydrogens (tertiary/aromatic N) is 5. The summed E-state index contributed by atoms with van der Waals surface area (Å²) in [6.07, 6.45) is 0. The summed E-state index contributed by atoms with van der Waals surface area (Å²) in [5.74, 6) is 0.813. The number of para-hydroxylation sites is 7. The molecule has 43 heavy (non-hydrogen) atoms. The molecule has 9 aromatic rings. The number of aromatic nitrogens is 4. The summed E-state index contributed by atoms with van der Waals surface area (Å²) in [4.78, 5) is 5.11. The van der Waals surface area contributed by atoms with E-state index in [1.54, 1.807) is 0 Å². The lowest BCUT2D eigenvalue weighted by Crippen LogP contribution is -2.03. The highest BCUT2D eigenvalue weighted by Crippen LogP contribution is 2.41. The molecule has 9 rings (SSSR count). The van der Waals surface area contributed by atoms with Gasteiger partial charge < -0.3 is 4.57 Å².